The summed E-state index contributed by atoms with van der Waals surface area (Å²) in [4.78, 5) is 20.8. The highest BCUT2D eigenvalue weighted by Gasteiger charge is 2.22. The molecule has 0 bridgehead atoms. The lowest BCUT2D eigenvalue weighted by Crippen LogP contribution is -2.51. The Labute approximate surface area is 147 Å². The monoisotopic (exact) mass is 344 g/mol. The molecule has 1 saturated heterocycles. The van der Waals surface area contributed by atoms with Crippen molar-refractivity contribution >= 4 is 11.8 Å². The highest BCUT2D eigenvalue weighted by atomic mass is 16.5. The maximum absolute atomic E-state index is 12.4. The molecule has 1 aliphatic heterocycles. The van der Waals surface area contributed by atoms with Crippen LogP contribution in [0.1, 0.15) is 11.3 Å². The number of hydrogen-bond donors (Lipinski definition) is 1. The van der Waals surface area contributed by atoms with Crippen LogP contribution in [-0.2, 0) is 13.6 Å². The molecular weight excluding hydrogens is 320 g/mol. The topological polar surface area (TPSA) is 75.5 Å². The predicted molar refractivity (Wildman–Crippen MR) is 94.8 cm³/mol. The summed E-state index contributed by atoms with van der Waals surface area (Å²) in [7, 11) is 3.54. The van der Waals surface area contributed by atoms with Crippen LogP contribution in [0.5, 0.6) is 5.75 Å². The minimum atomic E-state index is -0.0403. The van der Waals surface area contributed by atoms with E-state index in [-0.39, 0.29) is 6.03 Å². The van der Waals surface area contributed by atoms with E-state index in [1.54, 1.807) is 24.2 Å². The Kier molecular flexibility index (Phi) is 5.06. The summed E-state index contributed by atoms with van der Waals surface area (Å²) in [5.74, 6) is 1.67. The molecule has 0 aliphatic carbocycles. The fourth-order valence-electron chi connectivity index (χ4n) is 2.84. The Hall–Kier alpha value is -2.77. The van der Waals surface area contributed by atoms with Gasteiger partial charge in [-0.3, -0.25) is 4.68 Å². The third-order valence-corrected chi connectivity index (χ3v) is 4.61. The SMILES string of the molecule is COc1ccnc(N2CCN(C(=O)NCc3cnn(C)c3C)CC2)c1. The first-order valence-electron chi connectivity index (χ1n) is 8.33. The second-order valence-corrected chi connectivity index (χ2v) is 6.07. The van der Waals surface area contributed by atoms with Gasteiger partial charge in [0.2, 0.25) is 0 Å². The maximum atomic E-state index is 12.4. The molecule has 1 aliphatic rings. The molecule has 0 saturated carbocycles. The van der Waals surface area contributed by atoms with Crippen molar-refractivity contribution in [1.82, 2.24) is 25.0 Å². The van der Waals surface area contributed by atoms with E-state index in [0.29, 0.717) is 19.6 Å². The highest BCUT2D eigenvalue weighted by molar-refractivity contribution is 5.74. The molecule has 3 heterocycles. The van der Waals surface area contributed by atoms with Crippen molar-refractivity contribution in [2.24, 2.45) is 7.05 Å². The molecule has 134 valence electrons. The Morgan fingerprint density at radius 3 is 2.72 bits per heavy atom. The quantitative estimate of drug-likeness (QED) is 0.901. The number of nitrogens with one attached hydrogen (secondary N) is 1. The minimum absolute atomic E-state index is 0.0403. The molecular formula is C17H24N6O2. The molecule has 0 spiro atoms. The Balaban J connectivity index is 1.51. The van der Waals surface area contributed by atoms with Gasteiger partial charge in [-0.25, -0.2) is 9.78 Å². The average Bonchev–Trinajstić information content (AvgIpc) is 2.98. The van der Waals surface area contributed by atoms with Crippen LogP contribution in [0.4, 0.5) is 10.6 Å². The number of rotatable bonds is 4. The molecule has 1 fully saturated rings. The summed E-state index contributed by atoms with van der Waals surface area (Å²) >= 11 is 0. The third-order valence-electron chi connectivity index (χ3n) is 4.61. The number of hydrogen-bond acceptors (Lipinski definition) is 5. The van der Waals surface area contributed by atoms with Crippen molar-refractivity contribution in [3.8, 4) is 5.75 Å². The summed E-state index contributed by atoms with van der Waals surface area (Å²) in [6, 6.07) is 3.70. The van der Waals surface area contributed by atoms with Gasteiger partial charge in [0.15, 0.2) is 0 Å². The van der Waals surface area contributed by atoms with Crippen molar-refractivity contribution in [1.29, 1.82) is 0 Å². The van der Waals surface area contributed by atoms with Gasteiger partial charge >= 0.3 is 6.03 Å². The summed E-state index contributed by atoms with van der Waals surface area (Å²) in [6.45, 7) is 5.32. The third kappa shape index (κ3) is 3.84. The zero-order valence-corrected chi connectivity index (χ0v) is 14.9. The number of carbonyl (C=O) groups is 1. The first kappa shape index (κ1) is 17.1. The summed E-state index contributed by atoms with van der Waals surface area (Å²) in [6.07, 6.45) is 3.53. The van der Waals surface area contributed by atoms with Gasteiger partial charge in [-0.2, -0.15) is 5.10 Å². The zero-order valence-electron chi connectivity index (χ0n) is 14.9. The van der Waals surface area contributed by atoms with Crippen LogP contribution in [0.15, 0.2) is 24.5 Å². The van der Waals surface area contributed by atoms with Crippen LogP contribution < -0.4 is 15.0 Å². The first-order valence-corrected chi connectivity index (χ1v) is 8.33. The summed E-state index contributed by atoms with van der Waals surface area (Å²) in [5.41, 5.74) is 2.10. The number of carbonyl (C=O) groups excluding carboxylic acids is 1. The van der Waals surface area contributed by atoms with Gasteiger partial charge in [-0.05, 0) is 13.0 Å². The normalized spacial score (nSPS) is 14.5. The minimum Gasteiger partial charge on any atom is -0.497 e. The van der Waals surface area contributed by atoms with E-state index in [2.05, 4.69) is 20.3 Å². The molecule has 8 nitrogen and oxygen atoms in total. The van der Waals surface area contributed by atoms with Crippen molar-refractivity contribution < 1.29 is 9.53 Å². The molecule has 0 radical (unpaired) electrons. The molecule has 1 N–H and O–H groups in total. The number of piperazine rings is 1. The van der Waals surface area contributed by atoms with Crippen molar-refractivity contribution in [3.05, 3.63) is 35.8 Å². The molecule has 8 heteroatoms. The van der Waals surface area contributed by atoms with E-state index in [9.17, 15) is 4.79 Å². The number of aryl methyl sites for hydroxylation is 1. The molecule has 0 aromatic carbocycles. The number of ether oxygens (including phenoxy) is 1. The van der Waals surface area contributed by atoms with Crippen LogP contribution in [0.2, 0.25) is 0 Å². The molecule has 2 aromatic heterocycles. The average molecular weight is 344 g/mol. The van der Waals surface area contributed by atoms with E-state index < -0.39 is 0 Å². The van der Waals surface area contributed by atoms with Gasteiger partial charge in [0.1, 0.15) is 11.6 Å². The second-order valence-electron chi connectivity index (χ2n) is 6.07. The summed E-state index contributed by atoms with van der Waals surface area (Å²) in [5, 5.41) is 7.17. The van der Waals surface area contributed by atoms with Crippen LogP contribution >= 0.6 is 0 Å². The van der Waals surface area contributed by atoms with Crippen LogP contribution in [0.25, 0.3) is 0 Å². The molecule has 3 rings (SSSR count). The number of aromatic nitrogens is 3. The second kappa shape index (κ2) is 7.42. The number of urea groups is 1. The van der Waals surface area contributed by atoms with Crippen molar-refractivity contribution in [2.75, 3.05) is 38.2 Å². The summed E-state index contributed by atoms with van der Waals surface area (Å²) < 4.78 is 7.05. The fraction of sp³-hybridized carbons (Fsp3) is 0.471. The van der Waals surface area contributed by atoms with E-state index >= 15 is 0 Å². The number of nitrogens with zero attached hydrogens (tertiary/aromatic N) is 5. The molecule has 2 amide bonds. The van der Waals surface area contributed by atoms with Gasteiger partial charge in [-0.1, -0.05) is 0 Å². The zero-order chi connectivity index (χ0) is 17.8. The number of pyridine rings is 1. The van der Waals surface area contributed by atoms with Gasteiger partial charge in [0, 0.05) is 63.3 Å². The van der Waals surface area contributed by atoms with Gasteiger partial charge < -0.3 is 19.9 Å². The Bertz CT molecular complexity index is 736. The Morgan fingerprint density at radius 1 is 1.32 bits per heavy atom. The van der Waals surface area contributed by atoms with Gasteiger partial charge in [-0.15, -0.1) is 0 Å². The highest BCUT2D eigenvalue weighted by Crippen LogP contribution is 2.19. The predicted octanol–water partition coefficient (Wildman–Crippen LogP) is 1.16. The maximum Gasteiger partial charge on any atom is 0.317 e. The lowest BCUT2D eigenvalue weighted by molar-refractivity contribution is 0.194. The van der Waals surface area contributed by atoms with Crippen molar-refractivity contribution in [3.63, 3.8) is 0 Å². The Morgan fingerprint density at radius 2 is 2.08 bits per heavy atom. The standard InChI is InChI=1S/C17H24N6O2/c1-13-14(12-20-21(13)2)11-19-17(24)23-8-6-22(7-9-23)16-10-15(25-3)4-5-18-16/h4-5,10,12H,6-9,11H2,1-3H3,(H,19,24). The molecule has 2 aromatic rings. The van der Waals surface area contributed by atoms with E-state index in [0.717, 1.165) is 35.9 Å². The largest absolute Gasteiger partial charge is 0.497 e. The van der Waals surface area contributed by atoms with Crippen LogP contribution in [0.3, 0.4) is 0 Å². The molecule has 25 heavy (non-hydrogen) atoms. The fourth-order valence-corrected chi connectivity index (χ4v) is 2.84. The van der Waals surface area contributed by atoms with Crippen LogP contribution in [-0.4, -0.2) is 59.0 Å². The van der Waals surface area contributed by atoms with Crippen molar-refractivity contribution in [2.45, 2.75) is 13.5 Å². The van der Waals surface area contributed by atoms with Gasteiger partial charge in [0.05, 0.1) is 13.3 Å². The number of anilines is 1. The van der Waals surface area contributed by atoms with Crippen LogP contribution in [0, 0.1) is 6.92 Å². The smallest absolute Gasteiger partial charge is 0.317 e. The number of amides is 2. The lowest BCUT2D eigenvalue weighted by Gasteiger charge is -2.35. The molecule has 0 atom stereocenters. The van der Waals surface area contributed by atoms with E-state index in [4.69, 9.17) is 4.74 Å². The van der Waals surface area contributed by atoms with E-state index in [1.807, 2.05) is 31.0 Å². The first-order chi connectivity index (χ1) is 12.1. The number of methoxy groups -OCH3 is 1. The van der Waals surface area contributed by atoms with E-state index in [1.165, 1.54) is 0 Å². The lowest BCUT2D eigenvalue weighted by atomic mass is 10.2. The van der Waals surface area contributed by atoms with Gasteiger partial charge in [0.25, 0.3) is 0 Å². The molecule has 0 unspecified atom stereocenters.